The van der Waals surface area contributed by atoms with Gasteiger partial charge in [-0.2, -0.15) is 0 Å². The van der Waals surface area contributed by atoms with Crippen molar-refractivity contribution in [2.75, 3.05) is 0 Å². The molecule has 3 aromatic rings. The van der Waals surface area contributed by atoms with Crippen LogP contribution in [0.15, 0.2) is 43.5 Å². The van der Waals surface area contributed by atoms with Crippen molar-refractivity contribution in [2.45, 2.75) is 0 Å². The van der Waals surface area contributed by atoms with Crippen LogP contribution >= 0.6 is 11.6 Å². The lowest BCUT2D eigenvalue weighted by Gasteiger charge is -2.08. The molecule has 0 saturated heterocycles. The van der Waals surface area contributed by atoms with E-state index in [1.807, 2.05) is 6.07 Å². The predicted octanol–water partition coefficient (Wildman–Crippen LogP) is 1.23. The van der Waals surface area contributed by atoms with Crippen LogP contribution in [0.3, 0.4) is 0 Å². The largest absolute Gasteiger partial charge is 0.288 e. The van der Waals surface area contributed by atoms with Gasteiger partial charge >= 0.3 is 0 Å². The summed E-state index contributed by atoms with van der Waals surface area (Å²) in [4.78, 5) is 11.4. The van der Waals surface area contributed by atoms with Gasteiger partial charge in [0.2, 0.25) is 0 Å². The molecule has 2 aromatic heterocycles. The number of benzene rings is 1. The first-order chi connectivity index (χ1) is 9.24. The molecule has 0 radical (unpaired) electrons. The Balaban J connectivity index is 2.18. The Hall–Kier alpha value is -2.54. The number of halogens is 1. The zero-order valence-corrected chi connectivity index (χ0v) is 10.3. The molecule has 19 heavy (non-hydrogen) atoms. The minimum atomic E-state index is -0.538. The summed E-state index contributed by atoms with van der Waals surface area (Å²) in [6.45, 7) is 0. The van der Waals surface area contributed by atoms with Gasteiger partial charge in [0.05, 0.1) is 11.4 Å². The zero-order chi connectivity index (χ0) is 13.2. The number of carbonyl (C=O) groups is 1. The van der Waals surface area contributed by atoms with Crippen molar-refractivity contribution in [3.8, 4) is 11.4 Å². The van der Waals surface area contributed by atoms with Crippen molar-refractivity contribution in [1.82, 2.24) is 29.5 Å². The highest BCUT2D eigenvalue weighted by Gasteiger charge is 2.09. The van der Waals surface area contributed by atoms with E-state index in [-0.39, 0.29) is 0 Å². The van der Waals surface area contributed by atoms with Crippen molar-refractivity contribution in [1.29, 1.82) is 0 Å². The maximum Gasteiger partial charge on any atom is 0.252 e. The SMILES string of the molecule is O=C(Cl)c1cc(-n2cnnc2)cc(-n2cnnc2)c1. The van der Waals surface area contributed by atoms with E-state index in [0.717, 1.165) is 11.4 Å². The normalized spacial score (nSPS) is 10.6. The number of carbonyl (C=O) groups excluding carboxylic acids is 1. The summed E-state index contributed by atoms with van der Waals surface area (Å²) in [5.74, 6) is 0. The molecule has 0 aliphatic carbocycles. The van der Waals surface area contributed by atoms with E-state index >= 15 is 0 Å². The topological polar surface area (TPSA) is 78.5 Å². The standard InChI is InChI=1S/C11H7ClN6O/c12-11(19)8-1-9(17-4-13-14-5-17)3-10(2-8)18-6-15-16-7-18/h1-7H. The van der Waals surface area contributed by atoms with Crippen LogP contribution in [-0.2, 0) is 0 Å². The number of aromatic nitrogens is 6. The second kappa shape index (κ2) is 4.62. The first-order valence-electron chi connectivity index (χ1n) is 5.29. The lowest BCUT2D eigenvalue weighted by atomic mass is 10.2. The van der Waals surface area contributed by atoms with Gasteiger partial charge < -0.3 is 0 Å². The Morgan fingerprint density at radius 3 is 1.63 bits per heavy atom. The smallest absolute Gasteiger partial charge is 0.252 e. The Morgan fingerprint density at radius 2 is 1.26 bits per heavy atom. The molecule has 0 bridgehead atoms. The van der Waals surface area contributed by atoms with Crippen molar-refractivity contribution < 1.29 is 4.79 Å². The maximum atomic E-state index is 11.4. The highest BCUT2D eigenvalue weighted by Crippen LogP contribution is 2.18. The summed E-state index contributed by atoms with van der Waals surface area (Å²) in [6, 6.07) is 5.16. The average Bonchev–Trinajstić information content (AvgIpc) is 3.11. The summed E-state index contributed by atoms with van der Waals surface area (Å²) < 4.78 is 3.36. The predicted molar refractivity (Wildman–Crippen MR) is 66.5 cm³/mol. The Morgan fingerprint density at radius 1 is 0.842 bits per heavy atom. The van der Waals surface area contributed by atoms with E-state index in [1.54, 1.807) is 21.3 Å². The van der Waals surface area contributed by atoms with Gasteiger partial charge in [0.1, 0.15) is 25.3 Å². The van der Waals surface area contributed by atoms with E-state index in [4.69, 9.17) is 11.6 Å². The Bertz CT molecular complexity index is 654. The first kappa shape index (κ1) is 11.5. The lowest BCUT2D eigenvalue weighted by molar-refractivity contribution is 0.108. The number of nitrogens with zero attached hydrogens (tertiary/aromatic N) is 6. The molecule has 3 rings (SSSR count). The third-order valence-electron chi connectivity index (χ3n) is 2.56. The van der Waals surface area contributed by atoms with E-state index in [2.05, 4.69) is 20.4 Å². The molecule has 0 atom stereocenters. The third kappa shape index (κ3) is 2.23. The van der Waals surface area contributed by atoms with Crippen LogP contribution in [0.2, 0.25) is 0 Å². The summed E-state index contributed by atoms with van der Waals surface area (Å²) >= 11 is 5.55. The number of hydrogen-bond acceptors (Lipinski definition) is 5. The molecule has 1 aromatic carbocycles. The van der Waals surface area contributed by atoms with Gasteiger partial charge in [-0.25, -0.2) is 0 Å². The fraction of sp³-hybridized carbons (Fsp3) is 0. The molecule has 0 aliphatic heterocycles. The molecule has 8 heteroatoms. The van der Waals surface area contributed by atoms with Gasteiger partial charge in [0.25, 0.3) is 5.24 Å². The van der Waals surface area contributed by atoms with E-state index in [0.29, 0.717) is 5.56 Å². The first-order valence-corrected chi connectivity index (χ1v) is 5.67. The fourth-order valence-corrected chi connectivity index (χ4v) is 1.78. The second-order valence-electron chi connectivity index (χ2n) is 3.75. The van der Waals surface area contributed by atoms with E-state index in [9.17, 15) is 4.79 Å². The molecular weight excluding hydrogens is 268 g/mol. The number of rotatable bonds is 3. The van der Waals surface area contributed by atoms with Crippen LogP contribution in [0, 0.1) is 0 Å². The van der Waals surface area contributed by atoms with E-state index < -0.39 is 5.24 Å². The molecule has 2 heterocycles. The Labute approximate surface area is 112 Å². The minimum absolute atomic E-state index is 0.372. The summed E-state index contributed by atoms with van der Waals surface area (Å²) in [5.41, 5.74) is 1.82. The van der Waals surface area contributed by atoms with Crippen LogP contribution in [0.5, 0.6) is 0 Å². The molecule has 0 saturated carbocycles. The molecule has 7 nitrogen and oxygen atoms in total. The molecule has 0 fully saturated rings. The van der Waals surface area contributed by atoms with Gasteiger partial charge in [-0.3, -0.25) is 13.9 Å². The average molecular weight is 275 g/mol. The van der Waals surface area contributed by atoms with Gasteiger partial charge in [0, 0.05) is 5.56 Å². The van der Waals surface area contributed by atoms with Gasteiger partial charge in [0.15, 0.2) is 0 Å². The fourth-order valence-electron chi connectivity index (χ4n) is 1.67. The van der Waals surface area contributed by atoms with Crippen molar-refractivity contribution in [3.63, 3.8) is 0 Å². The van der Waals surface area contributed by atoms with Crippen molar-refractivity contribution >= 4 is 16.8 Å². The van der Waals surface area contributed by atoms with Gasteiger partial charge in [-0.05, 0) is 29.8 Å². The molecule has 94 valence electrons. The van der Waals surface area contributed by atoms with Crippen LogP contribution in [0.25, 0.3) is 11.4 Å². The Kier molecular flexibility index (Phi) is 2.81. The highest BCUT2D eigenvalue weighted by atomic mass is 35.5. The summed E-state index contributed by atoms with van der Waals surface area (Å²) in [6.07, 6.45) is 6.14. The molecule has 0 spiro atoms. The minimum Gasteiger partial charge on any atom is -0.288 e. The van der Waals surface area contributed by atoms with Gasteiger partial charge in [-0.1, -0.05) is 0 Å². The monoisotopic (exact) mass is 274 g/mol. The van der Waals surface area contributed by atoms with E-state index in [1.165, 1.54) is 25.3 Å². The van der Waals surface area contributed by atoms with Crippen LogP contribution in [-0.4, -0.2) is 34.8 Å². The quantitative estimate of drug-likeness (QED) is 0.671. The van der Waals surface area contributed by atoms with Crippen molar-refractivity contribution in [3.05, 3.63) is 49.1 Å². The third-order valence-corrected chi connectivity index (χ3v) is 2.78. The molecule has 0 N–H and O–H groups in total. The molecule has 0 amide bonds. The van der Waals surface area contributed by atoms with Crippen LogP contribution in [0.1, 0.15) is 10.4 Å². The molecular formula is C11H7ClN6O. The van der Waals surface area contributed by atoms with Crippen LogP contribution < -0.4 is 0 Å². The number of hydrogen-bond donors (Lipinski definition) is 0. The lowest BCUT2D eigenvalue weighted by Crippen LogP contribution is -2.00. The van der Waals surface area contributed by atoms with Gasteiger partial charge in [-0.15, -0.1) is 20.4 Å². The maximum absolute atomic E-state index is 11.4. The zero-order valence-electron chi connectivity index (χ0n) is 9.51. The molecule has 0 aliphatic rings. The molecule has 0 unspecified atom stereocenters. The summed E-state index contributed by atoms with van der Waals surface area (Å²) in [5, 5.41) is 14.4. The summed E-state index contributed by atoms with van der Waals surface area (Å²) in [7, 11) is 0. The van der Waals surface area contributed by atoms with Crippen LogP contribution in [0.4, 0.5) is 0 Å². The second-order valence-corrected chi connectivity index (χ2v) is 4.09. The van der Waals surface area contributed by atoms with Crippen molar-refractivity contribution in [2.24, 2.45) is 0 Å². The highest BCUT2D eigenvalue weighted by molar-refractivity contribution is 6.67.